The van der Waals surface area contributed by atoms with Gasteiger partial charge in [-0.05, 0) is 12.1 Å². The monoisotopic (exact) mass is 297 g/mol. The molecule has 0 aliphatic carbocycles. The van der Waals surface area contributed by atoms with Crippen LogP contribution in [0.25, 0.3) is 44.4 Å². The minimum absolute atomic E-state index is 0.603. The number of furan rings is 1. The molecule has 0 radical (unpaired) electrons. The highest BCUT2D eigenvalue weighted by molar-refractivity contribution is 6.05. The van der Waals surface area contributed by atoms with Crippen LogP contribution in [0.5, 0.6) is 0 Å². The van der Waals surface area contributed by atoms with E-state index in [0.717, 1.165) is 32.8 Å². The first-order valence-corrected chi connectivity index (χ1v) is 7.38. The van der Waals surface area contributed by atoms with Crippen molar-refractivity contribution in [2.45, 2.75) is 0 Å². The van der Waals surface area contributed by atoms with Crippen LogP contribution in [0.1, 0.15) is 0 Å². The van der Waals surface area contributed by atoms with E-state index < -0.39 is 0 Å². The Morgan fingerprint density at radius 2 is 1.61 bits per heavy atom. The van der Waals surface area contributed by atoms with Crippen molar-refractivity contribution < 1.29 is 4.42 Å². The second-order valence-corrected chi connectivity index (χ2v) is 5.42. The molecule has 3 aromatic heterocycles. The molecule has 4 nitrogen and oxygen atoms in total. The molecule has 0 saturated heterocycles. The second kappa shape index (κ2) is 4.61. The Kier molecular flexibility index (Phi) is 2.46. The molecule has 0 spiro atoms. The number of benzene rings is 2. The van der Waals surface area contributed by atoms with E-state index in [9.17, 15) is 0 Å². The summed E-state index contributed by atoms with van der Waals surface area (Å²) in [6, 6.07) is 17.8. The van der Waals surface area contributed by atoms with Crippen LogP contribution >= 0.6 is 0 Å². The van der Waals surface area contributed by atoms with Crippen LogP contribution in [0.3, 0.4) is 0 Å². The van der Waals surface area contributed by atoms with Gasteiger partial charge in [-0.2, -0.15) is 0 Å². The molecule has 0 amide bonds. The maximum atomic E-state index is 5.91. The lowest BCUT2D eigenvalue weighted by molar-refractivity contribution is 0.668. The van der Waals surface area contributed by atoms with Crippen LogP contribution in [0.15, 0.2) is 71.4 Å². The van der Waals surface area contributed by atoms with Crippen LogP contribution in [-0.2, 0) is 0 Å². The third kappa shape index (κ3) is 1.89. The van der Waals surface area contributed by atoms with Crippen LogP contribution < -0.4 is 0 Å². The second-order valence-electron chi connectivity index (χ2n) is 5.42. The summed E-state index contributed by atoms with van der Waals surface area (Å²) < 4.78 is 5.91. The number of hydrogen-bond acceptors (Lipinski definition) is 4. The molecule has 0 atom stereocenters. The van der Waals surface area contributed by atoms with Crippen molar-refractivity contribution in [2.75, 3.05) is 0 Å². The number of rotatable bonds is 1. The summed E-state index contributed by atoms with van der Waals surface area (Å²) in [6.45, 7) is 0. The van der Waals surface area contributed by atoms with Gasteiger partial charge in [-0.25, -0.2) is 9.97 Å². The number of para-hydroxylation sites is 2. The van der Waals surface area contributed by atoms with Crippen LogP contribution in [0.2, 0.25) is 0 Å². The molecule has 3 heterocycles. The van der Waals surface area contributed by atoms with Crippen molar-refractivity contribution in [3.8, 4) is 11.5 Å². The van der Waals surface area contributed by atoms with E-state index >= 15 is 0 Å². The van der Waals surface area contributed by atoms with Gasteiger partial charge in [0.2, 0.25) is 0 Å². The Bertz CT molecular complexity index is 1180. The quantitative estimate of drug-likeness (QED) is 0.454. The maximum absolute atomic E-state index is 5.91. The van der Waals surface area contributed by atoms with Gasteiger partial charge in [0.05, 0.1) is 5.52 Å². The predicted molar refractivity (Wildman–Crippen MR) is 90.0 cm³/mol. The number of fused-ring (bicyclic) bond motifs is 4. The minimum atomic E-state index is 0.603. The normalized spacial score (nSPS) is 11.5. The first-order chi connectivity index (χ1) is 11.4. The summed E-state index contributed by atoms with van der Waals surface area (Å²) in [5.74, 6) is 0.603. The molecule has 0 N–H and O–H groups in total. The maximum Gasteiger partial charge on any atom is 0.178 e. The SMILES string of the molecule is c1ccc2nc(-c3cc4oc5ccccc5c4cn3)ncc2c1. The van der Waals surface area contributed by atoms with E-state index in [1.165, 1.54) is 0 Å². The Balaban J connectivity index is 1.73. The fraction of sp³-hybridized carbons (Fsp3) is 0. The average molecular weight is 297 g/mol. The largest absolute Gasteiger partial charge is 0.456 e. The third-order valence-electron chi connectivity index (χ3n) is 3.98. The van der Waals surface area contributed by atoms with Gasteiger partial charge in [-0.15, -0.1) is 0 Å². The van der Waals surface area contributed by atoms with Gasteiger partial charge in [-0.3, -0.25) is 4.98 Å². The van der Waals surface area contributed by atoms with Crippen molar-refractivity contribution in [1.82, 2.24) is 15.0 Å². The first kappa shape index (κ1) is 12.3. The lowest BCUT2D eigenvalue weighted by Crippen LogP contribution is -1.91. The van der Waals surface area contributed by atoms with Crippen molar-refractivity contribution in [3.05, 3.63) is 67.0 Å². The standard InChI is InChI=1S/C19H11N3O/c1-3-7-15-12(5-1)10-21-19(22-15)16-9-18-14(11-20-16)13-6-2-4-8-17(13)23-18/h1-11H. The molecule has 23 heavy (non-hydrogen) atoms. The molecule has 0 bridgehead atoms. The summed E-state index contributed by atoms with van der Waals surface area (Å²) >= 11 is 0. The Morgan fingerprint density at radius 1 is 0.739 bits per heavy atom. The summed E-state index contributed by atoms with van der Waals surface area (Å²) in [5.41, 5.74) is 3.28. The summed E-state index contributed by atoms with van der Waals surface area (Å²) in [7, 11) is 0. The molecule has 0 aliphatic rings. The fourth-order valence-corrected chi connectivity index (χ4v) is 2.84. The van der Waals surface area contributed by atoms with Gasteiger partial charge in [0.1, 0.15) is 16.9 Å². The van der Waals surface area contributed by atoms with Crippen LogP contribution in [-0.4, -0.2) is 15.0 Å². The van der Waals surface area contributed by atoms with Crippen LogP contribution in [0.4, 0.5) is 0 Å². The van der Waals surface area contributed by atoms with Gasteiger partial charge in [-0.1, -0.05) is 36.4 Å². The average Bonchev–Trinajstić information content (AvgIpc) is 2.99. The number of nitrogens with zero attached hydrogens (tertiary/aromatic N) is 3. The molecule has 2 aromatic carbocycles. The van der Waals surface area contributed by atoms with Gasteiger partial charge in [0.25, 0.3) is 0 Å². The van der Waals surface area contributed by atoms with Gasteiger partial charge < -0.3 is 4.42 Å². The fourth-order valence-electron chi connectivity index (χ4n) is 2.84. The lowest BCUT2D eigenvalue weighted by atomic mass is 10.2. The highest BCUT2D eigenvalue weighted by atomic mass is 16.3. The number of pyridine rings is 1. The minimum Gasteiger partial charge on any atom is -0.456 e. The number of aromatic nitrogens is 3. The van der Waals surface area contributed by atoms with E-state index in [4.69, 9.17) is 4.42 Å². The van der Waals surface area contributed by atoms with E-state index in [-0.39, 0.29) is 0 Å². The zero-order valence-corrected chi connectivity index (χ0v) is 12.1. The van der Waals surface area contributed by atoms with E-state index in [1.807, 2.05) is 67.0 Å². The molecule has 4 heteroatoms. The van der Waals surface area contributed by atoms with Crippen molar-refractivity contribution >= 4 is 32.8 Å². The van der Waals surface area contributed by atoms with E-state index in [2.05, 4.69) is 15.0 Å². The summed E-state index contributed by atoms with van der Waals surface area (Å²) in [4.78, 5) is 13.5. The smallest absolute Gasteiger partial charge is 0.178 e. The molecule has 0 saturated carbocycles. The third-order valence-corrected chi connectivity index (χ3v) is 3.98. The zero-order chi connectivity index (χ0) is 15.2. The molecule has 5 rings (SSSR count). The summed E-state index contributed by atoms with van der Waals surface area (Å²) in [6.07, 6.45) is 3.65. The highest BCUT2D eigenvalue weighted by Crippen LogP contribution is 2.29. The first-order valence-electron chi connectivity index (χ1n) is 7.38. The van der Waals surface area contributed by atoms with Crippen molar-refractivity contribution in [1.29, 1.82) is 0 Å². The Morgan fingerprint density at radius 3 is 2.61 bits per heavy atom. The highest BCUT2D eigenvalue weighted by Gasteiger charge is 2.10. The zero-order valence-electron chi connectivity index (χ0n) is 12.1. The molecule has 0 aliphatic heterocycles. The van der Waals surface area contributed by atoms with Crippen molar-refractivity contribution in [3.63, 3.8) is 0 Å². The Labute approximate surface area is 131 Å². The van der Waals surface area contributed by atoms with Crippen LogP contribution in [0, 0.1) is 0 Å². The number of hydrogen-bond donors (Lipinski definition) is 0. The van der Waals surface area contributed by atoms with E-state index in [0.29, 0.717) is 11.5 Å². The van der Waals surface area contributed by atoms with Gasteiger partial charge >= 0.3 is 0 Å². The van der Waals surface area contributed by atoms with Gasteiger partial charge in [0, 0.05) is 34.6 Å². The molecular formula is C19H11N3O. The molecule has 0 unspecified atom stereocenters. The van der Waals surface area contributed by atoms with Crippen molar-refractivity contribution in [2.24, 2.45) is 0 Å². The molecule has 0 fully saturated rings. The molecule has 5 aromatic rings. The predicted octanol–water partition coefficient (Wildman–Crippen LogP) is 4.59. The summed E-state index contributed by atoms with van der Waals surface area (Å²) in [5, 5.41) is 3.09. The molecular weight excluding hydrogens is 286 g/mol. The molecule has 108 valence electrons. The lowest BCUT2D eigenvalue weighted by Gasteiger charge is -2.01. The Hall–Kier alpha value is -3.27. The van der Waals surface area contributed by atoms with Gasteiger partial charge in [0.15, 0.2) is 5.82 Å². The topological polar surface area (TPSA) is 51.8 Å². The van der Waals surface area contributed by atoms with E-state index in [1.54, 1.807) is 0 Å².